The number of amides is 1. The third kappa shape index (κ3) is 4.14. The number of piperidine rings is 1. The van der Waals surface area contributed by atoms with Crippen LogP contribution in [0.4, 0.5) is 4.39 Å². The normalized spacial score (nSPS) is 34.7. The van der Waals surface area contributed by atoms with E-state index in [4.69, 9.17) is 4.74 Å². The van der Waals surface area contributed by atoms with Crippen molar-refractivity contribution in [1.82, 2.24) is 14.7 Å². The fourth-order valence-electron chi connectivity index (χ4n) is 6.46. The topological polar surface area (TPSA) is 36.0 Å². The van der Waals surface area contributed by atoms with Gasteiger partial charge in [0.05, 0.1) is 12.2 Å². The first-order valence-electron chi connectivity index (χ1n) is 11.6. The Morgan fingerprint density at radius 3 is 2.70 bits per heavy atom. The quantitative estimate of drug-likeness (QED) is 0.758. The maximum atomic E-state index is 13.6. The lowest BCUT2D eigenvalue weighted by Crippen LogP contribution is -2.60. The van der Waals surface area contributed by atoms with E-state index in [1.165, 1.54) is 6.07 Å². The number of hydrogen-bond acceptors (Lipinski definition) is 4. The maximum absolute atomic E-state index is 13.6. The van der Waals surface area contributed by atoms with Crippen LogP contribution in [0.5, 0.6) is 0 Å². The van der Waals surface area contributed by atoms with Gasteiger partial charge < -0.3 is 14.5 Å². The molecule has 0 saturated carbocycles. The van der Waals surface area contributed by atoms with Crippen LogP contribution < -0.4 is 0 Å². The molecule has 1 aromatic rings. The second-order valence-corrected chi connectivity index (χ2v) is 10.1. The average molecular weight is 416 g/mol. The van der Waals surface area contributed by atoms with Crippen molar-refractivity contribution >= 4 is 5.91 Å². The highest BCUT2D eigenvalue weighted by atomic mass is 19.1. The minimum Gasteiger partial charge on any atom is -0.372 e. The van der Waals surface area contributed by atoms with Gasteiger partial charge in [-0.3, -0.25) is 9.69 Å². The summed E-state index contributed by atoms with van der Waals surface area (Å²) in [4.78, 5) is 20.1. The average Bonchev–Trinajstić information content (AvgIpc) is 3.23. The van der Waals surface area contributed by atoms with Crippen LogP contribution in [0.25, 0.3) is 0 Å². The van der Waals surface area contributed by atoms with Crippen molar-refractivity contribution in [3.05, 3.63) is 35.6 Å². The van der Waals surface area contributed by atoms with E-state index in [-0.39, 0.29) is 11.4 Å². The van der Waals surface area contributed by atoms with Crippen molar-refractivity contribution in [2.75, 3.05) is 39.8 Å². The molecular formula is C24H34FN3O2. The van der Waals surface area contributed by atoms with Crippen LogP contribution in [-0.2, 0) is 16.1 Å². The van der Waals surface area contributed by atoms with Crippen LogP contribution in [0, 0.1) is 11.7 Å². The standard InChI is InChI=1S/C24H34FN3O2/c1-26-8-7-19(15-26)12-23(29)28-21-5-6-22(28)14-24(13-21)17-27(9-10-30-24)16-18-3-2-4-20(25)11-18/h2-4,11,19,21-22H,5-10,12-17H2,1H3/t19?,21-,22+,24?. The SMILES string of the molecule is CN1CCC(CC(=O)N2[C@@H]3CC[C@H]2CC2(C3)CN(Cc3cccc(F)c3)CCO2)C1. The number of rotatable bonds is 4. The number of benzene rings is 1. The highest BCUT2D eigenvalue weighted by Gasteiger charge is 2.52. The van der Waals surface area contributed by atoms with E-state index in [2.05, 4.69) is 21.7 Å². The number of carbonyl (C=O) groups is 1. The number of nitrogens with zero attached hydrogens (tertiary/aromatic N) is 3. The van der Waals surface area contributed by atoms with E-state index in [0.717, 1.165) is 77.0 Å². The summed E-state index contributed by atoms with van der Waals surface area (Å²) in [5.74, 6) is 0.712. The molecule has 164 valence electrons. The van der Waals surface area contributed by atoms with E-state index in [9.17, 15) is 9.18 Å². The van der Waals surface area contributed by atoms with Crippen LogP contribution in [0.1, 0.15) is 44.1 Å². The van der Waals surface area contributed by atoms with Gasteiger partial charge in [-0.1, -0.05) is 12.1 Å². The summed E-state index contributed by atoms with van der Waals surface area (Å²) in [5, 5.41) is 0. The van der Waals surface area contributed by atoms with Gasteiger partial charge in [0.25, 0.3) is 0 Å². The number of hydrogen-bond donors (Lipinski definition) is 0. The van der Waals surface area contributed by atoms with Crippen molar-refractivity contribution in [2.24, 2.45) is 5.92 Å². The molecule has 2 unspecified atom stereocenters. The summed E-state index contributed by atoms with van der Waals surface area (Å²) in [6.45, 7) is 5.41. The van der Waals surface area contributed by atoms with Gasteiger partial charge in [0.15, 0.2) is 0 Å². The summed E-state index contributed by atoms with van der Waals surface area (Å²) < 4.78 is 20.0. The molecule has 2 bridgehead atoms. The molecule has 5 nitrogen and oxygen atoms in total. The monoisotopic (exact) mass is 415 g/mol. The van der Waals surface area contributed by atoms with Crippen molar-refractivity contribution in [3.8, 4) is 0 Å². The Hall–Kier alpha value is -1.50. The molecule has 4 saturated heterocycles. The molecule has 1 aromatic carbocycles. The van der Waals surface area contributed by atoms with Crippen molar-refractivity contribution < 1.29 is 13.9 Å². The third-order valence-electron chi connectivity index (χ3n) is 7.70. The highest BCUT2D eigenvalue weighted by molar-refractivity contribution is 5.77. The first-order valence-corrected chi connectivity index (χ1v) is 11.6. The molecule has 5 rings (SSSR count). The summed E-state index contributed by atoms with van der Waals surface area (Å²) in [5.41, 5.74) is 0.867. The number of fused-ring (bicyclic) bond motifs is 2. The zero-order valence-corrected chi connectivity index (χ0v) is 18.1. The van der Waals surface area contributed by atoms with E-state index in [1.807, 2.05) is 6.07 Å². The van der Waals surface area contributed by atoms with Gasteiger partial charge in [0.1, 0.15) is 5.82 Å². The lowest BCUT2D eigenvalue weighted by Gasteiger charge is -2.50. The molecule has 4 fully saturated rings. The Labute approximate surface area is 179 Å². The second kappa shape index (κ2) is 8.21. The molecule has 0 aromatic heterocycles. The van der Waals surface area contributed by atoms with E-state index < -0.39 is 0 Å². The predicted octanol–water partition coefficient (Wildman–Crippen LogP) is 2.89. The van der Waals surface area contributed by atoms with E-state index >= 15 is 0 Å². The Morgan fingerprint density at radius 1 is 1.20 bits per heavy atom. The van der Waals surface area contributed by atoms with E-state index in [0.29, 0.717) is 30.3 Å². The van der Waals surface area contributed by atoms with Gasteiger partial charge in [0.2, 0.25) is 5.91 Å². The Kier molecular flexibility index (Phi) is 5.58. The van der Waals surface area contributed by atoms with Crippen LogP contribution in [-0.4, -0.2) is 78.1 Å². The number of carbonyl (C=O) groups excluding carboxylic acids is 1. The van der Waals surface area contributed by atoms with E-state index in [1.54, 1.807) is 12.1 Å². The molecule has 0 radical (unpaired) electrons. The molecular weight excluding hydrogens is 381 g/mol. The number of ether oxygens (including phenoxy) is 1. The van der Waals surface area contributed by atoms with Gasteiger partial charge in [-0.05, 0) is 69.3 Å². The molecule has 0 N–H and O–H groups in total. The number of morpholine rings is 1. The number of halogens is 1. The van der Waals surface area contributed by atoms with Crippen LogP contribution in [0.3, 0.4) is 0 Å². The fourth-order valence-corrected chi connectivity index (χ4v) is 6.46. The van der Waals surface area contributed by atoms with Crippen molar-refractivity contribution in [2.45, 2.75) is 62.8 Å². The fraction of sp³-hybridized carbons (Fsp3) is 0.708. The smallest absolute Gasteiger partial charge is 0.223 e. The molecule has 4 atom stereocenters. The lowest BCUT2D eigenvalue weighted by atomic mass is 9.83. The molecule has 0 aliphatic carbocycles. The third-order valence-corrected chi connectivity index (χ3v) is 7.70. The van der Waals surface area contributed by atoms with Gasteiger partial charge in [0, 0.05) is 44.7 Å². The Morgan fingerprint density at radius 2 is 2.00 bits per heavy atom. The Bertz CT molecular complexity index is 773. The minimum absolute atomic E-state index is 0.151. The number of likely N-dealkylation sites (tertiary alicyclic amines) is 1. The molecule has 1 amide bonds. The zero-order chi connectivity index (χ0) is 20.7. The molecule has 30 heavy (non-hydrogen) atoms. The molecule has 6 heteroatoms. The van der Waals surface area contributed by atoms with Crippen molar-refractivity contribution in [3.63, 3.8) is 0 Å². The molecule has 1 spiro atoms. The first-order chi connectivity index (χ1) is 14.5. The minimum atomic E-state index is -0.172. The predicted molar refractivity (Wildman–Crippen MR) is 113 cm³/mol. The van der Waals surface area contributed by atoms with Gasteiger partial charge >= 0.3 is 0 Å². The van der Waals surface area contributed by atoms with Gasteiger partial charge in [-0.15, -0.1) is 0 Å². The summed E-state index contributed by atoms with van der Waals surface area (Å²) in [7, 11) is 2.15. The van der Waals surface area contributed by atoms with Gasteiger partial charge in [-0.2, -0.15) is 0 Å². The lowest BCUT2D eigenvalue weighted by molar-refractivity contribution is -0.163. The summed E-state index contributed by atoms with van der Waals surface area (Å²) >= 11 is 0. The molecule has 4 aliphatic rings. The van der Waals surface area contributed by atoms with Crippen molar-refractivity contribution in [1.29, 1.82) is 0 Å². The molecule has 4 aliphatic heterocycles. The maximum Gasteiger partial charge on any atom is 0.223 e. The van der Waals surface area contributed by atoms with Gasteiger partial charge in [-0.25, -0.2) is 4.39 Å². The second-order valence-electron chi connectivity index (χ2n) is 10.1. The van der Waals surface area contributed by atoms with Crippen LogP contribution in [0.15, 0.2) is 24.3 Å². The summed E-state index contributed by atoms with van der Waals surface area (Å²) in [6.07, 6.45) is 5.95. The van der Waals surface area contributed by atoms with Crippen LogP contribution >= 0.6 is 0 Å². The Balaban J connectivity index is 1.22. The van der Waals surface area contributed by atoms with Crippen LogP contribution in [0.2, 0.25) is 0 Å². The zero-order valence-electron chi connectivity index (χ0n) is 18.1. The molecule has 4 heterocycles. The summed E-state index contributed by atoms with van der Waals surface area (Å²) in [6, 6.07) is 7.56. The highest BCUT2D eigenvalue weighted by Crippen LogP contribution is 2.44. The largest absolute Gasteiger partial charge is 0.372 e. The first kappa shape index (κ1) is 20.4.